The minimum Gasteiger partial charge on any atom is -0.383 e. The van der Waals surface area contributed by atoms with Crippen LogP contribution in [-0.2, 0) is 11.3 Å². The summed E-state index contributed by atoms with van der Waals surface area (Å²) in [6.45, 7) is 4.35. The Morgan fingerprint density at radius 1 is 1.67 bits per heavy atom. The van der Waals surface area contributed by atoms with E-state index in [1.54, 1.807) is 18.4 Å². The van der Waals surface area contributed by atoms with Gasteiger partial charge in [-0.3, -0.25) is 0 Å². The number of methoxy groups -OCH3 is 1. The summed E-state index contributed by atoms with van der Waals surface area (Å²) in [5.41, 5.74) is 1.09. The van der Waals surface area contributed by atoms with Crippen LogP contribution < -0.4 is 5.32 Å². The Kier molecular flexibility index (Phi) is 6.17. The highest BCUT2D eigenvalue weighted by molar-refractivity contribution is 7.09. The molecule has 0 spiro atoms. The van der Waals surface area contributed by atoms with Gasteiger partial charge in [-0.1, -0.05) is 0 Å². The number of aromatic nitrogens is 1. The molecule has 0 aliphatic carbocycles. The summed E-state index contributed by atoms with van der Waals surface area (Å²) >= 11 is 7.68. The number of hydrogen-bond donors (Lipinski definition) is 1. The summed E-state index contributed by atoms with van der Waals surface area (Å²) in [4.78, 5) is 4.36. The molecule has 1 rings (SSSR count). The zero-order valence-corrected chi connectivity index (χ0v) is 10.7. The SMILES string of the molecule is COCC(Cl)CCNCc1nc(C)cs1. The molecule has 15 heavy (non-hydrogen) atoms. The third-order valence-electron chi connectivity index (χ3n) is 1.92. The topological polar surface area (TPSA) is 34.1 Å². The second-order valence-electron chi connectivity index (χ2n) is 3.40. The molecule has 86 valence electrons. The van der Waals surface area contributed by atoms with Crippen LogP contribution in [-0.4, -0.2) is 30.6 Å². The molecular weight excluding hydrogens is 232 g/mol. The maximum Gasteiger partial charge on any atom is 0.107 e. The lowest BCUT2D eigenvalue weighted by Crippen LogP contribution is -2.20. The van der Waals surface area contributed by atoms with Gasteiger partial charge in [0, 0.05) is 24.7 Å². The molecule has 0 fully saturated rings. The number of thiazole rings is 1. The number of aryl methyl sites for hydroxylation is 1. The first kappa shape index (κ1) is 12.9. The maximum atomic E-state index is 5.99. The van der Waals surface area contributed by atoms with E-state index in [9.17, 15) is 0 Å². The molecule has 0 amide bonds. The molecule has 0 radical (unpaired) electrons. The van der Waals surface area contributed by atoms with Crippen LogP contribution in [0.5, 0.6) is 0 Å². The molecule has 1 unspecified atom stereocenters. The van der Waals surface area contributed by atoms with Gasteiger partial charge in [0.25, 0.3) is 0 Å². The van der Waals surface area contributed by atoms with Gasteiger partial charge < -0.3 is 10.1 Å². The average Bonchev–Trinajstić information content (AvgIpc) is 2.60. The van der Waals surface area contributed by atoms with E-state index in [1.165, 1.54) is 0 Å². The second kappa shape index (κ2) is 7.17. The second-order valence-corrected chi connectivity index (χ2v) is 4.96. The first-order valence-corrected chi connectivity index (χ1v) is 6.28. The molecule has 5 heteroatoms. The average molecular weight is 249 g/mol. The molecule has 1 N–H and O–H groups in total. The van der Waals surface area contributed by atoms with Crippen molar-refractivity contribution >= 4 is 22.9 Å². The minimum absolute atomic E-state index is 0.0977. The van der Waals surface area contributed by atoms with Crippen molar-refractivity contribution in [1.82, 2.24) is 10.3 Å². The van der Waals surface area contributed by atoms with Crippen LogP contribution in [0.1, 0.15) is 17.1 Å². The number of halogens is 1. The van der Waals surface area contributed by atoms with Gasteiger partial charge in [-0.2, -0.15) is 0 Å². The zero-order valence-electron chi connectivity index (χ0n) is 9.12. The zero-order chi connectivity index (χ0) is 11.1. The van der Waals surface area contributed by atoms with Gasteiger partial charge in [-0.15, -0.1) is 22.9 Å². The van der Waals surface area contributed by atoms with Crippen molar-refractivity contribution in [3.05, 3.63) is 16.1 Å². The first-order valence-electron chi connectivity index (χ1n) is 4.97. The fourth-order valence-electron chi connectivity index (χ4n) is 1.20. The summed E-state index contributed by atoms with van der Waals surface area (Å²) < 4.78 is 4.95. The van der Waals surface area contributed by atoms with E-state index in [-0.39, 0.29) is 5.38 Å². The van der Waals surface area contributed by atoms with Gasteiger partial charge in [0.15, 0.2) is 0 Å². The molecule has 3 nitrogen and oxygen atoms in total. The van der Waals surface area contributed by atoms with Crippen molar-refractivity contribution in [2.75, 3.05) is 20.3 Å². The molecule has 1 atom stereocenters. The summed E-state index contributed by atoms with van der Waals surface area (Å²) in [7, 11) is 1.67. The fourth-order valence-corrected chi connectivity index (χ4v) is 2.18. The van der Waals surface area contributed by atoms with Crippen LogP contribution in [0.25, 0.3) is 0 Å². The van der Waals surface area contributed by atoms with Crippen LogP contribution in [0.4, 0.5) is 0 Å². The quantitative estimate of drug-likeness (QED) is 0.593. The Morgan fingerprint density at radius 3 is 3.07 bits per heavy atom. The van der Waals surface area contributed by atoms with E-state index in [0.717, 1.165) is 30.2 Å². The lowest BCUT2D eigenvalue weighted by atomic mass is 10.3. The third kappa shape index (κ3) is 5.47. The van der Waals surface area contributed by atoms with Gasteiger partial charge in [-0.05, 0) is 19.9 Å². The van der Waals surface area contributed by atoms with E-state index in [0.29, 0.717) is 6.61 Å². The Labute approximate surface area is 99.8 Å². The molecule has 0 aliphatic heterocycles. The normalized spacial score (nSPS) is 13.0. The predicted octanol–water partition coefficient (Wildman–Crippen LogP) is 2.19. The van der Waals surface area contributed by atoms with Gasteiger partial charge in [-0.25, -0.2) is 4.98 Å². The van der Waals surface area contributed by atoms with E-state index in [4.69, 9.17) is 16.3 Å². The molecular formula is C10H17ClN2OS. The number of ether oxygens (including phenoxy) is 1. The molecule has 1 aromatic heterocycles. The molecule has 0 saturated heterocycles. The Hall–Kier alpha value is -0.160. The van der Waals surface area contributed by atoms with Crippen LogP contribution >= 0.6 is 22.9 Å². The van der Waals surface area contributed by atoms with Gasteiger partial charge in [0.1, 0.15) is 5.01 Å². The highest BCUT2D eigenvalue weighted by atomic mass is 35.5. The fraction of sp³-hybridized carbons (Fsp3) is 0.700. The van der Waals surface area contributed by atoms with Gasteiger partial charge in [0.2, 0.25) is 0 Å². The van der Waals surface area contributed by atoms with Gasteiger partial charge in [0.05, 0.1) is 12.0 Å². The highest BCUT2D eigenvalue weighted by Gasteiger charge is 2.03. The maximum absolute atomic E-state index is 5.99. The van der Waals surface area contributed by atoms with Crippen molar-refractivity contribution < 1.29 is 4.74 Å². The summed E-state index contributed by atoms with van der Waals surface area (Å²) in [6.07, 6.45) is 0.916. The molecule has 0 aliphatic rings. The van der Waals surface area contributed by atoms with Crippen LogP contribution in [0.2, 0.25) is 0 Å². The van der Waals surface area contributed by atoms with Gasteiger partial charge >= 0.3 is 0 Å². The van der Waals surface area contributed by atoms with Crippen molar-refractivity contribution in [1.29, 1.82) is 0 Å². The summed E-state index contributed by atoms with van der Waals surface area (Å²) in [5.74, 6) is 0. The molecule has 0 saturated carbocycles. The van der Waals surface area contributed by atoms with Crippen molar-refractivity contribution in [3.63, 3.8) is 0 Å². The number of alkyl halides is 1. The summed E-state index contributed by atoms with van der Waals surface area (Å²) in [5, 5.41) is 6.60. The number of nitrogens with one attached hydrogen (secondary N) is 1. The van der Waals surface area contributed by atoms with E-state index in [1.807, 2.05) is 6.92 Å². The Bertz CT molecular complexity index is 280. The Balaban J connectivity index is 2.06. The lowest BCUT2D eigenvalue weighted by Gasteiger charge is -2.07. The molecule has 0 aromatic carbocycles. The van der Waals surface area contributed by atoms with E-state index >= 15 is 0 Å². The lowest BCUT2D eigenvalue weighted by molar-refractivity contribution is 0.195. The van der Waals surface area contributed by atoms with Crippen LogP contribution in [0.3, 0.4) is 0 Å². The monoisotopic (exact) mass is 248 g/mol. The van der Waals surface area contributed by atoms with E-state index < -0.39 is 0 Å². The van der Waals surface area contributed by atoms with Crippen molar-refractivity contribution in [2.45, 2.75) is 25.3 Å². The first-order chi connectivity index (χ1) is 7.22. The van der Waals surface area contributed by atoms with Crippen molar-refractivity contribution in [2.24, 2.45) is 0 Å². The molecule has 1 aromatic rings. The van der Waals surface area contributed by atoms with E-state index in [2.05, 4.69) is 15.7 Å². The molecule has 1 heterocycles. The number of rotatable bonds is 7. The third-order valence-corrected chi connectivity index (χ3v) is 3.24. The Morgan fingerprint density at radius 2 is 2.47 bits per heavy atom. The number of nitrogens with zero attached hydrogens (tertiary/aromatic N) is 1. The molecule has 0 bridgehead atoms. The van der Waals surface area contributed by atoms with Crippen LogP contribution in [0, 0.1) is 6.92 Å². The highest BCUT2D eigenvalue weighted by Crippen LogP contribution is 2.08. The smallest absolute Gasteiger partial charge is 0.107 e. The minimum atomic E-state index is 0.0977. The van der Waals surface area contributed by atoms with Crippen LogP contribution in [0.15, 0.2) is 5.38 Å². The largest absolute Gasteiger partial charge is 0.383 e. The number of hydrogen-bond acceptors (Lipinski definition) is 4. The standard InChI is InChI=1S/C10H17ClN2OS/c1-8-7-15-10(13-8)5-12-4-3-9(11)6-14-2/h7,9,12H,3-6H2,1-2H3. The predicted molar refractivity (Wildman–Crippen MR) is 64.7 cm³/mol. The summed E-state index contributed by atoms with van der Waals surface area (Å²) in [6, 6.07) is 0. The van der Waals surface area contributed by atoms with Crippen molar-refractivity contribution in [3.8, 4) is 0 Å².